The molecule has 0 aliphatic heterocycles. The average molecular weight is 302 g/mol. The van der Waals surface area contributed by atoms with Crippen molar-refractivity contribution in [3.05, 3.63) is 17.1 Å². The third-order valence-corrected chi connectivity index (χ3v) is 5.11. The number of nitrogens with zero attached hydrogens (tertiary/aromatic N) is 3. The zero-order chi connectivity index (χ0) is 15.5. The van der Waals surface area contributed by atoms with Crippen LogP contribution in [0.25, 0.3) is 0 Å². The summed E-state index contributed by atoms with van der Waals surface area (Å²) in [7, 11) is 4.36. The second-order valence-corrected chi connectivity index (χ2v) is 7.38. The molecule has 1 N–H and O–H groups in total. The molecule has 4 nitrogen and oxygen atoms in total. The molecule has 0 bridgehead atoms. The molecule has 1 aromatic rings. The van der Waals surface area contributed by atoms with E-state index >= 15 is 0 Å². The van der Waals surface area contributed by atoms with Crippen molar-refractivity contribution in [3.8, 4) is 0 Å². The van der Waals surface area contributed by atoms with Crippen LogP contribution in [0, 0.1) is 12.8 Å². The minimum Gasteiger partial charge on any atom is -0.367 e. The van der Waals surface area contributed by atoms with E-state index in [1.165, 1.54) is 56.3 Å². The highest BCUT2D eigenvalue weighted by Gasteiger charge is 2.24. The third-order valence-electron chi connectivity index (χ3n) is 5.11. The van der Waals surface area contributed by atoms with Crippen LogP contribution >= 0.6 is 0 Å². The summed E-state index contributed by atoms with van der Waals surface area (Å²) >= 11 is 0. The Hall–Kier alpha value is -1.16. The van der Waals surface area contributed by atoms with Gasteiger partial charge in [0.05, 0.1) is 0 Å². The standard InChI is InChI=1S/C18H30N4/c1-13-19-17-7-5-4-6-16(17)18(20-13)21-15-10-8-14(9-11-15)12-22(2)3/h14-15H,4-12H2,1-3H3,(H,19,20,21). The molecule has 0 atom stereocenters. The summed E-state index contributed by atoms with van der Waals surface area (Å²) in [6, 6.07) is 0.596. The van der Waals surface area contributed by atoms with E-state index in [-0.39, 0.29) is 0 Å². The molecule has 0 amide bonds. The number of aryl methyl sites for hydroxylation is 2. The maximum absolute atomic E-state index is 4.72. The van der Waals surface area contributed by atoms with Crippen molar-refractivity contribution in [1.29, 1.82) is 0 Å². The Bertz CT molecular complexity index is 504. The van der Waals surface area contributed by atoms with Crippen LogP contribution in [-0.2, 0) is 12.8 Å². The highest BCUT2D eigenvalue weighted by molar-refractivity contribution is 5.48. The number of aromatic nitrogens is 2. The lowest BCUT2D eigenvalue weighted by Gasteiger charge is -2.32. The molecule has 22 heavy (non-hydrogen) atoms. The first-order valence-electron chi connectivity index (χ1n) is 8.89. The minimum absolute atomic E-state index is 0.596. The van der Waals surface area contributed by atoms with Crippen molar-refractivity contribution >= 4 is 5.82 Å². The van der Waals surface area contributed by atoms with Crippen molar-refractivity contribution in [2.75, 3.05) is 26.0 Å². The van der Waals surface area contributed by atoms with Gasteiger partial charge in [0.25, 0.3) is 0 Å². The minimum atomic E-state index is 0.596. The Kier molecular flexibility index (Phi) is 4.97. The van der Waals surface area contributed by atoms with Crippen LogP contribution in [-0.4, -0.2) is 41.5 Å². The lowest BCUT2D eigenvalue weighted by molar-refractivity contribution is 0.255. The van der Waals surface area contributed by atoms with E-state index < -0.39 is 0 Å². The summed E-state index contributed by atoms with van der Waals surface area (Å²) < 4.78 is 0. The van der Waals surface area contributed by atoms with Gasteiger partial charge >= 0.3 is 0 Å². The molecule has 3 rings (SSSR count). The summed E-state index contributed by atoms with van der Waals surface area (Å²) in [5.41, 5.74) is 2.69. The van der Waals surface area contributed by atoms with Gasteiger partial charge in [-0.1, -0.05) is 0 Å². The largest absolute Gasteiger partial charge is 0.367 e. The zero-order valence-electron chi connectivity index (χ0n) is 14.4. The Balaban J connectivity index is 1.63. The Morgan fingerprint density at radius 2 is 1.77 bits per heavy atom. The van der Waals surface area contributed by atoms with Crippen LogP contribution in [0.3, 0.4) is 0 Å². The van der Waals surface area contributed by atoms with Gasteiger partial charge in [0.1, 0.15) is 11.6 Å². The number of hydrogen-bond donors (Lipinski definition) is 1. The van der Waals surface area contributed by atoms with Crippen LogP contribution in [0.1, 0.15) is 55.6 Å². The summed E-state index contributed by atoms with van der Waals surface area (Å²) in [4.78, 5) is 11.7. The van der Waals surface area contributed by atoms with Crippen molar-refractivity contribution < 1.29 is 0 Å². The fraction of sp³-hybridized carbons (Fsp3) is 0.778. The summed E-state index contributed by atoms with van der Waals surface area (Å²) in [6.45, 7) is 3.25. The molecule has 1 saturated carbocycles. The van der Waals surface area contributed by atoms with Gasteiger partial charge in [-0.15, -0.1) is 0 Å². The van der Waals surface area contributed by atoms with Gasteiger partial charge in [-0.2, -0.15) is 0 Å². The molecule has 2 aliphatic carbocycles. The molecule has 4 heteroatoms. The van der Waals surface area contributed by atoms with E-state index in [1.807, 2.05) is 6.92 Å². The molecule has 0 radical (unpaired) electrons. The van der Waals surface area contributed by atoms with E-state index in [2.05, 4.69) is 29.3 Å². The average Bonchev–Trinajstić information content (AvgIpc) is 2.48. The predicted octanol–water partition coefficient (Wildman–Crippen LogP) is 3.20. The van der Waals surface area contributed by atoms with Crippen LogP contribution in [0.2, 0.25) is 0 Å². The first-order chi connectivity index (χ1) is 10.6. The van der Waals surface area contributed by atoms with Gasteiger partial charge in [-0.05, 0) is 78.3 Å². The quantitative estimate of drug-likeness (QED) is 0.927. The summed E-state index contributed by atoms with van der Waals surface area (Å²) in [6.07, 6.45) is 10.1. The first-order valence-corrected chi connectivity index (χ1v) is 8.89. The number of hydrogen-bond acceptors (Lipinski definition) is 4. The van der Waals surface area contributed by atoms with Crippen LogP contribution in [0.5, 0.6) is 0 Å². The zero-order valence-corrected chi connectivity index (χ0v) is 14.4. The van der Waals surface area contributed by atoms with E-state index in [0.717, 1.165) is 30.4 Å². The van der Waals surface area contributed by atoms with Crippen LogP contribution in [0.4, 0.5) is 5.82 Å². The van der Waals surface area contributed by atoms with Gasteiger partial charge in [0.2, 0.25) is 0 Å². The fourth-order valence-corrected chi connectivity index (χ4v) is 4.04. The maximum atomic E-state index is 4.72. The molecular weight excluding hydrogens is 272 g/mol. The predicted molar refractivity (Wildman–Crippen MR) is 91.3 cm³/mol. The smallest absolute Gasteiger partial charge is 0.133 e. The molecule has 0 saturated heterocycles. The van der Waals surface area contributed by atoms with Gasteiger partial charge in [0.15, 0.2) is 0 Å². The van der Waals surface area contributed by atoms with Crippen LogP contribution in [0.15, 0.2) is 0 Å². The lowest BCUT2D eigenvalue weighted by Crippen LogP contribution is -2.31. The van der Waals surface area contributed by atoms with Crippen molar-refractivity contribution in [3.63, 3.8) is 0 Å². The van der Waals surface area contributed by atoms with Crippen molar-refractivity contribution in [2.45, 2.75) is 64.3 Å². The Labute approximate surface area is 134 Å². The number of rotatable bonds is 4. The Morgan fingerprint density at radius 1 is 1.05 bits per heavy atom. The lowest BCUT2D eigenvalue weighted by atomic mass is 9.85. The Morgan fingerprint density at radius 3 is 2.50 bits per heavy atom. The van der Waals surface area contributed by atoms with Gasteiger partial charge < -0.3 is 10.2 Å². The molecule has 1 aromatic heterocycles. The second kappa shape index (κ2) is 6.95. The monoisotopic (exact) mass is 302 g/mol. The topological polar surface area (TPSA) is 41.1 Å². The second-order valence-electron chi connectivity index (χ2n) is 7.38. The fourth-order valence-electron chi connectivity index (χ4n) is 4.04. The first kappa shape index (κ1) is 15.7. The van der Waals surface area contributed by atoms with Gasteiger partial charge in [0, 0.05) is 23.8 Å². The normalized spacial score (nSPS) is 25.1. The summed E-state index contributed by atoms with van der Waals surface area (Å²) in [5, 5.41) is 3.76. The molecule has 1 fully saturated rings. The van der Waals surface area contributed by atoms with Crippen molar-refractivity contribution in [1.82, 2.24) is 14.9 Å². The van der Waals surface area contributed by atoms with Crippen LogP contribution < -0.4 is 5.32 Å². The molecule has 122 valence electrons. The molecular formula is C18H30N4. The summed E-state index contributed by atoms with van der Waals surface area (Å²) in [5.74, 6) is 2.93. The maximum Gasteiger partial charge on any atom is 0.133 e. The van der Waals surface area contributed by atoms with Crippen molar-refractivity contribution in [2.24, 2.45) is 5.92 Å². The highest BCUT2D eigenvalue weighted by atomic mass is 15.1. The van der Waals surface area contributed by atoms with Gasteiger partial charge in [-0.25, -0.2) is 9.97 Å². The number of fused-ring (bicyclic) bond motifs is 1. The van der Waals surface area contributed by atoms with E-state index in [9.17, 15) is 0 Å². The number of nitrogens with one attached hydrogen (secondary N) is 1. The molecule has 0 unspecified atom stereocenters. The number of anilines is 1. The van der Waals surface area contributed by atoms with E-state index in [4.69, 9.17) is 4.98 Å². The van der Waals surface area contributed by atoms with E-state index in [0.29, 0.717) is 6.04 Å². The SMILES string of the molecule is Cc1nc2c(c(NC3CCC(CN(C)C)CC3)n1)CCCC2. The molecule has 1 heterocycles. The molecule has 0 aromatic carbocycles. The molecule has 0 spiro atoms. The van der Waals surface area contributed by atoms with E-state index in [1.54, 1.807) is 0 Å². The highest BCUT2D eigenvalue weighted by Crippen LogP contribution is 2.30. The van der Waals surface area contributed by atoms with Gasteiger partial charge in [-0.3, -0.25) is 0 Å². The third kappa shape index (κ3) is 3.78. The molecule has 2 aliphatic rings.